The minimum atomic E-state index is -1.30. The summed E-state index contributed by atoms with van der Waals surface area (Å²) in [5, 5.41) is 18.3. The molecule has 2 amide bonds. The zero-order valence-electron chi connectivity index (χ0n) is 10.4. The lowest BCUT2D eigenvalue weighted by molar-refractivity contribution is -0.144. The zero-order valence-corrected chi connectivity index (χ0v) is 10.4. The Kier molecular flexibility index (Phi) is 4.30. The number of nitrogens with one attached hydrogen (secondary N) is 2. The summed E-state index contributed by atoms with van der Waals surface area (Å²) in [6.07, 6.45) is 0. The van der Waals surface area contributed by atoms with E-state index in [9.17, 15) is 14.7 Å². The van der Waals surface area contributed by atoms with Crippen molar-refractivity contribution >= 4 is 11.8 Å². The first kappa shape index (κ1) is 14.7. The quantitative estimate of drug-likeness (QED) is 0.372. The van der Waals surface area contributed by atoms with Gasteiger partial charge in [0.1, 0.15) is 0 Å². The number of hydrazine groups is 1. The zero-order chi connectivity index (χ0) is 14.6. The molecule has 1 aromatic carbocycles. The molecule has 0 bridgehead atoms. The topological polar surface area (TPSA) is 134 Å². The van der Waals surface area contributed by atoms with Crippen molar-refractivity contribution in [3.63, 3.8) is 0 Å². The molecule has 6 N–H and O–H groups in total. The fourth-order valence-corrected chi connectivity index (χ4v) is 1.05. The molecule has 0 aliphatic rings. The number of carbonyl (C=O) groups is 2. The van der Waals surface area contributed by atoms with E-state index in [1.807, 2.05) is 0 Å². The van der Waals surface area contributed by atoms with Crippen molar-refractivity contribution in [2.45, 2.75) is 19.4 Å². The first-order valence-electron chi connectivity index (χ1n) is 5.28. The van der Waals surface area contributed by atoms with Gasteiger partial charge in [0.05, 0.1) is 0 Å². The van der Waals surface area contributed by atoms with Crippen molar-refractivity contribution in [1.29, 1.82) is 0 Å². The van der Waals surface area contributed by atoms with E-state index >= 15 is 0 Å². The Morgan fingerprint density at radius 3 is 2.37 bits per heavy atom. The smallest absolute Gasteiger partial charge is 0.272 e. The van der Waals surface area contributed by atoms with Crippen LogP contribution in [0.25, 0.3) is 0 Å². The van der Waals surface area contributed by atoms with E-state index in [1.54, 1.807) is 0 Å². The summed E-state index contributed by atoms with van der Waals surface area (Å²) in [7, 11) is 0. The third-order valence-corrected chi connectivity index (χ3v) is 2.37. The molecule has 0 fully saturated rings. The fourth-order valence-electron chi connectivity index (χ4n) is 1.05. The van der Waals surface area contributed by atoms with Crippen LogP contribution in [0.15, 0.2) is 18.2 Å². The first-order chi connectivity index (χ1) is 8.77. The maximum Gasteiger partial charge on any atom is 0.272 e. The predicted molar refractivity (Wildman–Crippen MR) is 64.7 cm³/mol. The van der Waals surface area contributed by atoms with Gasteiger partial charge < -0.3 is 10.2 Å². The first-order valence-corrected chi connectivity index (χ1v) is 5.28. The van der Waals surface area contributed by atoms with Crippen LogP contribution in [0.1, 0.15) is 24.2 Å². The summed E-state index contributed by atoms with van der Waals surface area (Å²) in [5.41, 5.74) is 2.99. The SMILES string of the molecule is CC(C)(ON)C(=O)NNC(=O)c1ccc(O)c(O)c1. The van der Waals surface area contributed by atoms with Crippen LogP contribution in [0, 0.1) is 0 Å². The molecule has 8 nitrogen and oxygen atoms in total. The Labute approximate surface area is 109 Å². The molecule has 0 saturated heterocycles. The molecule has 0 saturated carbocycles. The Balaban J connectivity index is 2.66. The number of hydrogen-bond donors (Lipinski definition) is 5. The number of hydrogen-bond acceptors (Lipinski definition) is 6. The number of carbonyl (C=O) groups excluding carboxylic acids is 2. The molecule has 104 valence electrons. The van der Waals surface area contributed by atoms with Crippen LogP contribution in [0.4, 0.5) is 0 Å². The van der Waals surface area contributed by atoms with E-state index < -0.39 is 23.2 Å². The van der Waals surface area contributed by atoms with Crippen LogP contribution in [-0.4, -0.2) is 27.6 Å². The summed E-state index contributed by atoms with van der Waals surface area (Å²) >= 11 is 0. The standard InChI is InChI=1S/C11H15N3O5/c1-11(2,19-12)10(18)14-13-9(17)6-3-4-7(15)8(16)5-6/h3-5,15-16H,12H2,1-2H3,(H,13,17)(H,14,18). The van der Waals surface area contributed by atoms with Crippen LogP contribution in [0.2, 0.25) is 0 Å². The Morgan fingerprint density at radius 1 is 1.21 bits per heavy atom. The van der Waals surface area contributed by atoms with Gasteiger partial charge in [0.2, 0.25) is 0 Å². The van der Waals surface area contributed by atoms with Crippen LogP contribution in [-0.2, 0) is 9.63 Å². The van der Waals surface area contributed by atoms with Gasteiger partial charge in [-0.25, -0.2) is 5.90 Å². The van der Waals surface area contributed by atoms with Gasteiger partial charge in [-0.05, 0) is 32.0 Å². The second-order valence-electron chi connectivity index (χ2n) is 4.24. The van der Waals surface area contributed by atoms with Crippen LogP contribution >= 0.6 is 0 Å². The summed E-state index contributed by atoms with van der Waals surface area (Å²) in [6, 6.07) is 3.49. The number of nitrogens with two attached hydrogens (primary N) is 1. The number of rotatable bonds is 3. The molecule has 0 aliphatic carbocycles. The molecular formula is C11H15N3O5. The van der Waals surface area contributed by atoms with E-state index in [2.05, 4.69) is 15.7 Å². The number of benzene rings is 1. The maximum atomic E-state index is 11.6. The molecular weight excluding hydrogens is 254 g/mol. The van der Waals surface area contributed by atoms with Crippen molar-refractivity contribution in [1.82, 2.24) is 10.9 Å². The van der Waals surface area contributed by atoms with Crippen molar-refractivity contribution < 1.29 is 24.6 Å². The molecule has 1 aromatic rings. The molecule has 0 spiro atoms. The second-order valence-corrected chi connectivity index (χ2v) is 4.24. The average Bonchev–Trinajstić information content (AvgIpc) is 2.38. The molecule has 0 heterocycles. The van der Waals surface area contributed by atoms with Gasteiger partial charge in [-0.15, -0.1) is 0 Å². The van der Waals surface area contributed by atoms with Gasteiger partial charge in [0, 0.05) is 5.56 Å². The lowest BCUT2D eigenvalue weighted by Crippen LogP contribution is -2.52. The highest BCUT2D eigenvalue weighted by Crippen LogP contribution is 2.24. The average molecular weight is 269 g/mol. The third kappa shape index (κ3) is 3.57. The largest absolute Gasteiger partial charge is 0.504 e. The van der Waals surface area contributed by atoms with Gasteiger partial charge in [-0.3, -0.25) is 25.3 Å². The molecule has 0 atom stereocenters. The highest BCUT2D eigenvalue weighted by atomic mass is 16.6. The fraction of sp³-hybridized carbons (Fsp3) is 0.273. The molecule has 8 heteroatoms. The van der Waals surface area contributed by atoms with Gasteiger partial charge in [0.15, 0.2) is 17.1 Å². The van der Waals surface area contributed by atoms with Crippen LogP contribution in [0.5, 0.6) is 11.5 Å². The van der Waals surface area contributed by atoms with Gasteiger partial charge in [-0.2, -0.15) is 0 Å². The monoisotopic (exact) mass is 269 g/mol. The van der Waals surface area contributed by atoms with Crippen LogP contribution in [0.3, 0.4) is 0 Å². The molecule has 19 heavy (non-hydrogen) atoms. The number of amides is 2. The second kappa shape index (κ2) is 5.55. The Hall–Kier alpha value is -2.32. The number of phenols is 2. The van der Waals surface area contributed by atoms with Crippen molar-refractivity contribution in [3.05, 3.63) is 23.8 Å². The molecule has 0 aromatic heterocycles. The van der Waals surface area contributed by atoms with E-state index in [-0.39, 0.29) is 11.3 Å². The molecule has 0 radical (unpaired) electrons. The summed E-state index contributed by atoms with van der Waals surface area (Å²) < 4.78 is 0. The maximum absolute atomic E-state index is 11.6. The van der Waals surface area contributed by atoms with Crippen molar-refractivity contribution in [2.24, 2.45) is 5.90 Å². The molecule has 0 aliphatic heterocycles. The summed E-state index contributed by atoms with van der Waals surface area (Å²) in [6.45, 7) is 2.84. The minimum Gasteiger partial charge on any atom is -0.504 e. The van der Waals surface area contributed by atoms with Crippen molar-refractivity contribution in [2.75, 3.05) is 0 Å². The molecule has 0 unspecified atom stereocenters. The third-order valence-electron chi connectivity index (χ3n) is 2.37. The predicted octanol–water partition coefficient (Wildman–Crippen LogP) is -0.472. The lowest BCUT2D eigenvalue weighted by atomic mass is 10.1. The van der Waals surface area contributed by atoms with E-state index in [0.717, 1.165) is 12.1 Å². The summed E-state index contributed by atoms with van der Waals surface area (Å²) in [5.74, 6) is 2.82. The van der Waals surface area contributed by atoms with Crippen LogP contribution < -0.4 is 16.7 Å². The van der Waals surface area contributed by atoms with E-state index in [4.69, 9.17) is 11.0 Å². The minimum absolute atomic E-state index is 0.0575. The van der Waals surface area contributed by atoms with E-state index in [0.29, 0.717) is 0 Å². The normalized spacial score (nSPS) is 10.9. The highest BCUT2D eigenvalue weighted by molar-refractivity contribution is 5.96. The van der Waals surface area contributed by atoms with Gasteiger partial charge >= 0.3 is 0 Å². The lowest BCUT2D eigenvalue weighted by Gasteiger charge is -2.20. The Bertz CT molecular complexity index is 501. The summed E-state index contributed by atoms with van der Waals surface area (Å²) in [4.78, 5) is 27.6. The van der Waals surface area contributed by atoms with Gasteiger partial charge in [0.25, 0.3) is 11.8 Å². The Morgan fingerprint density at radius 2 is 1.84 bits per heavy atom. The number of aromatic hydroxyl groups is 2. The van der Waals surface area contributed by atoms with Crippen molar-refractivity contribution in [3.8, 4) is 11.5 Å². The molecule has 1 rings (SSSR count). The number of phenolic OH excluding ortho intramolecular Hbond substituents is 2. The highest BCUT2D eigenvalue weighted by Gasteiger charge is 2.28. The van der Waals surface area contributed by atoms with E-state index in [1.165, 1.54) is 19.9 Å². The van der Waals surface area contributed by atoms with Gasteiger partial charge in [-0.1, -0.05) is 0 Å².